The molecular weight excluding hydrogens is 336 g/mol. The number of hydrogen-bond acceptors (Lipinski definition) is 4. The van der Waals surface area contributed by atoms with Crippen LogP contribution < -0.4 is 4.74 Å². The van der Waals surface area contributed by atoms with E-state index in [0.29, 0.717) is 5.88 Å². The van der Waals surface area contributed by atoms with Crippen molar-refractivity contribution in [2.75, 3.05) is 0 Å². The molecule has 0 bridgehead atoms. The van der Waals surface area contributed by atoms with Crippen LogP contribution in [0.25, 0.3) is 10.2 Å². The molecule has 102 valence electrons. The Morgan fingerprint density at radius 1 is 1.15 bits per heavy atom. The Bertz CT molecular complexity index is 798. The van der Waals surface area contributed by atoms with Crippen LogP contribution in [0, 0.1) is 20.8 Å². The Balaban J connectivity index is 2.13. The average molecular weight is 349 g/mol. The number of benzene rings is 1. The molecule has 20 heavy (non-hydrogen) atoms. The number of nitrogens with zero attached hydrogens (tertiary/aromatic N) is 2. The van der Waals surface area contributed by atoms with E-state index in [9.17, 15) is 0 Å². The monoisotopic (exact) mass is 348 g/mol. The van der Waals surface area contributed by atoms with E-state index in [2.05, 4.69) is 39.7 Å². The first-order valence-corrected chi connectivity index (χ1v) is 7.82. The van der Waals surface area contributed by atoms with E-state index in [4.69, 9.17) is 4.74 Å². The fourth-order valence-corrected chi connectivity index (χ4v) is 3.34. The van der Waals surface area contributed by atoms with Crippen molar-refractivity contribution in [3.8, 4) is 11.6 Å². The summed E-state index contributed by atoms with van der Waals surface area (Å²) in [6, 6.07) is 5.97. The second-order valence-corrected chi connectivity index (χ2v) is 6.77. The van der Waals surface area contributed by atoms with Crippen molar-refractivity contribution in [2.45, 2.75) is 20.8 Å². The highest BCUT2D eigenvalue weighted by Crippen LogP contribution is 2.36. The molecule has 2 aromatic heterocycles. The molecule has 0 radical (unpaired) electrons. The van der Waals surface area contributed by atoms with Crippen LogP contribution >= 0.6 is 27.3 Å². The number of aromatic nitrogens is 2. The van der Waals surface area contributed by atoms with Crippen LogP contribution in [0.5, 0.6) is 11.6 Å². The van der Waals surface area contributed by atoms with Gasteiger partial charge in [-0.15, -0.1) is 11.3 Å². The van der Waals surface area contributed by atoms with E-state index in [0.717, 1.165) is 26.0 Å². The molecule has 0 fully saturated rings. The maximum Gasteiger partial charge on any atom is 0.231 e. The van der Waals surface area contributed by atoms with E-state index < -0.39 is 0 Å². The van der Waals surface area contributed by atoms with Crippen molar-refractivity contribution in [3.05, 3.63) is 45.0 Å². The quantitative estimate of drug-likeness (QED) is 0.640. The van der Waals surface area contributed by atoms with Crippen molar-refractivity contribution in [2.24, 2.45) is 0 Å². The lowest BCUT2D eigenvalue weighted by molar-refractivity contribution is 0.464. The molecule has 5 heteroatoms. The Morgan fingerprint density at radius 2 is 1.95 bits per heavy atom. The average Bonchev–Trinajstić information content (AvgIpc) is 2.71. The van der Waals surface area contributed by atoms with E-state index >= 15 is 0 Å². The summed E-state index contributed by atoms with van der Waals surface area (Å²) >= 11 is 5.14. The minimum atomic E-state index is 0.623. The molecule has 0 atom stereocenters. The zero-order chi connectivity index (χ0) is 14.3. The third kappa shape index (κ3) is 2.31. The van der Waals surface area contributed by atoms with Gasteiger partial charge in [0.05, 0.1) is 5.39 Å². The number of halogens is 1. The summed E-state index contributed by atoms with van der Waals surface area (Å²) in [6.07, 6.45) is 1.56. The Labute approximate surface area is 129 Å². The number of thiophene rings is 1. The number of hydrogen-bond donors (Lipinski definition) is 0. The molecule has 3 aromatic rings. The van der Waals surface area contributed by atoms with Crippen molar-refractivity contribution < 1.29 is 4.74 Å². The molecule has 0 aliphatic carbocycles. The van der Waals surface area contributed by atoms with E-state index in [1.807, 2.05) is 25.1 Å². The van der Waals surface area contributed by atoms with Crippen LogP contribution in [-0.2, 0) is 0 Å². The third-order valence-electron chi connectivity index (χ3n) is 3.29. The summed E-state index contributed by atoms with van der Waals surface area (Å²) in [6.45, 7) is 6.19. The summed E-state index contributed by atoms with van der Waals surface area (Å²) in [4.78, 5) is 10.8. The molecular formula is C15H13BrN2OS. The molecule has 2 heterocycles. The van der Waals surface area contributed by atoms with Gasteiger partial charge in [0.25, 0.3) is 0 Å². The molecule has 0 aliphatic rings. The van der Waals surface area contributed by atoms with Gasteiger partial charge < -0.3 is 4.74 Å². The molecule has 0 N–H and O–H groups in total. The van der Waals surface area contributed by atoms with Crippen LogP contribution in [-0.4, -0.2) is 9.97 Å². The van der Waals surface area contributed by atoms with Gasteiger partial charge in [-0.25, -0.2) is 9.97 Å². The molecule has 3 nitrogen and oxygen atoms in total. The SMILES string of the molecule is Cc1ccc(Br)cc1Oc1ncnc2sc(C)c(C)c12. The maximum atomic E-state index is 6.02. The fourth-order valence-electron chi connectivity index (χ4n) is 2.02. The normalized spacial score (nSPS) is 11.0. The van der Waals surface area contributed by atoms with Crippen molar-refractivity contribution in [1.29, 1.82) is 0 Å². The number of fused-ring (bicyclic) bond motifs is 1. The van der Waals surface area contributed by atoms with Gasteiger partial charge in [-0.2, -0.15) is 0 Å². The first-order valence-electron chi connectivity index (χ1n) is 6.21. The second kappa shape index (κ2) is 5.14. The first-order chi connectivity index (χ1) is 9.56. The van der Waals surface area contributed by atoms with Crippen molar-refractivity contribution in [1.82, 2.24) is 9.97 Å². The van der Waals surface area contributed by atoms with Gasteiger partial charge in [-0.3, -0.25) is 0 Å². The fraction of sp³-hybridized carbons (Fsp3) is 0.200. The molecule has 0 saturated heterocycles. The first kappa shape index (κ1) is 13.5. The predicted octanol–water partition coefficient (Wildman–Crippen LogP) is 5.17. The summed E-state index contributed by atoms with van der Waals surface area (Å²) < 4.78 is 7.01. The van der Waals surface area contributed by atoms with Gasteiger partial charge in [0.2, 0.25) is 5.88 Å². The lowest BCUT2D eigenvalue weighted by Crippen LogP contribution is -1.92. The Morgan fingerprint density at radius 3 is 2.75 bits per heavy atom. The summed E-state index contributed by atoms with van der Waals surface area (Å²) in [5.41, 5.74) is 2.26. The van der Waals surface area contributed by atoms with Gasteiger partial charge >= 0.3 is 0 Å². The number of aryl methyl sites for hydroxylation is 3. The van der Waals surface area contributed by atoms with E-state index in [1.165, 1.54) is 10.4 Å². The summed E-state index contributed by atoms with van der Waals surface area (Å²) in [5, 5.41) is 1.01. The zero-order valence-corrected chi connectivity index (χ0v) is 13.8. The van der Waals surface area contributed by atoms with Gasteiger partial charge in [0.1, 0.15) is 16.9 Å². The predicted molar refractivity (Wildman–Crippen MR) is 85.8 cm³/mol. The Kier molecular flexibility index (Phi) is 3.48. The van der Waals surface area contributed by atoms with Gasteiger partial charge in [-0.1, -0.05) is 22.0 Å². The smallest absolute Gasteiger partial charge is 0.231 e. The third-order valence-corrected chi connectivity index (χ3v) is 4.90. The molecule has 0 unspecified atom stereocenters. The lowest BCUT2D eigenvalue weighted by Gasteiger charge is -2.09. The van der Waals surface area contributed by atoms with Crippen LogP contribution in [0.2, 0.25) is 0 Å². The van der Waals surface area contributed by atoms with Crippen LogP contribution in [0.3, 0.4) is 0 Å². The molecule has 0 spiro atoms. The van der Waals surface area contributed by atoms with Crippen molar-refractivity contribution >= 4 is 37.5 Å². The van der Waals surface area contributed by atoms with Crippen molar-refractivity contribution in [3.63, 3.8) is 0 Å². The highest BCUT2D eigenvalue weighted by Gasteiger charge is 2.14. The van der Waals surface area contributed by atoms with Crippen LogP contribution in [0.1, 0.15) is 16.0 Å². The number of ether oxygens (including phenoxy) is 1. The largest absolute Gasteiger partial charge is 0.438 e. The number of rotatable bonds is 2. The molecule has 3 rings (SSSR count). The van der Waals surface area contributed by atoms with E-state index in [1.54, 1.807) is 17.7 Å². The van der Waals surface area contributed by atoms with Gasteiger partial charge in [-0.05, 0) is 44.0 Å². The van der Waals surface area contributed by atoms with Gasteiger partial charge in [0.15, 0.2) is 0 Å². The molecule has 0 aliphatic heterocycles. The minimum Gasteiger partial charge on any atom is -0.438 e. The lowest BCUT2D eigenvalue weighted by atomic mass is 10.2. The minimum absolute atomic E-state index is 0.623. The Hall–Kier alpha value is -1.46. The van der Waals surface area contributed by atoms with Crippen LogP contribution in [0.15, 0.2) is 29.0 Å². The topological polar surface area (TPSA) is 35.0 Å². The van der Waals surface area contributed by atoms with Gasteiger partial charge in [0, 0.05) is 9.35 Å². The highest BCUT2D eigenvalue weighted by molar-refractivity contribution is 9.10. The molecule has 1 aromatic carbocycles. The standard InChI is InChI=1S/C15H13BrN2OS/c1-8-4-5-11(16)6-12(8)19-14-13-9(2)10(3)20-15(13)18-7-17-14/h4-7H,1-3H3. The second-order valence-electron chi connectivity index (χ2n) is 4.65. The molecule has 0 saturated carbocycles. The van der Waals surface area contributed by atoms with Crippen LogP contribution in [0.4, 0.5) is 0 Å². The highest BCUT2D eigenvalue weighted by atomic mass is 79.9. The molecule has 0 amide bonds. The summed E-state index contributed by atoms with van der Waals surface area (Å²) in [7, 11) is 0. The van der Waals surface area contributed by atoms with E-state index in [-0.39, 0.29) is 0 Å². The summed E-state index contributed by atoms with van der Waals surface area (Å²) in [5.74, 6) is 1.43. The zero-order valence-electron chi connectivity index (χ0n) is 11.4. The maximum absolute atomic E-state index is 6.02.